The van der Waals surface area contributed by atoms with Crippen LogP contribution >= 0.6 is 0 Å². The largest absolute Gasteiger partial charge is 0.325 e. The van der Waals surface area contributed by atoms with Crippen molar-refractivity contribution in [2.75, 3.05) is 11.9 Å². The number of imide groups is 1. The van der Waals surface area contributed by atoms with Gasteiger partial charge in [0.2, 0.25) is 15.9 Å². The minimum absolute atomic E-state index is 0.167. The Morgan fingerprint density at radius 1 is 1.14 bits per heavy atom. The normalized spacial score (nSPS) is 19.2. The summed E-state index contributed by atoms with van der Waals surface area (Å²) in [6, 6.07) is 13.5. The number of nitrogens with one attached hydrogen (secondary N) is 2. The number of benzene rings is 2. The highest BCUT2D eigenvalue weighted by atomic mass is 32.2. The van der Waals surface area contributed by atoms with E-state index in [1.54, 1.807) is 37.3 Å². The minimum Gasteiger partial charge on any atom is -0.324 e. The van der Waals surface area contributed by atoms with E-state index in [1.165, 1.54) is 24.3 Å². The Bertz CT molecular complexity index is 1070. The molecule has 3 rings (SSSR count). The van der Waals surface area contributed by atoms with Crippen LogP contribution in [-0.2, 0) is 25.2 Å². The fraction of sp³-hybridized carbons (Fsp3) is 0.211. The van der Waals surface area contributed by atoms with E-state index in [0.29, 0.717) is 12.0 Å². The maximum Gasteiger partial charge on any atom is 0.325 e. The van der Waals surface area contributed by atoms with E-state index in [9.17, 15) is 22.8 Å². The number of sulfonamides is 1. The lowest BCUT2D eigenvalue weighted by atomic mass is 9.87. The average molecular weight is 416 g/mol. The molecule has 29 heavy (non-hydrogen) atoms. The van der Waals surface area contributed by atoms with E-state index < -0.39 is 40.0 Å². The van der Waals surface area contributed by atoms with Crippen LogP contribution in [0, 0.1) is 0 Å². The lowest BCUT2D eigenvalue weighted by Crippen LogP contribution is -2.44. The summed E-state index contributed by atoms with van der Waals surface area (Å²) in [7, 11) is -3.93. The molecule has 9 nitrogen and oxygen atoms in total. The summed E-state index contributed by atoms with van der Waals surface area (Å²) >= 11 is 0. The lowest BCUT2D eigenvalue weighted by Gasteiger charge is -2.25. The first-order chi connectivity index (χ1) is 13.7. The molecule has 0 aliphatic carbocycles. The SMILES string of the molecule is CCC1(c2ccccc2)NC(=O)N(CC(=O)Nc2cccc(S(N)(=O)=O)c2)C1=O. The van der Waals surface area contributed by atoms with Gasteiger partial charge in [0.25, 0.3) is 5.91 Å². The molecule has 0 spiro atoms. The van der Waals surface area contributed by atoms with Gasteiger partial charge in [0.1, 0.15) is 12.1 Å². The van der Waals surface area contributed by atoms with Gasteiger partial charge in [-0.3, -0.25) is 14.5 Å². The Hall–Kier alpha value is -3.24. The lowest BCUT2D eigenvalue weighted by molar-refractivity contribution is -0.134. The average Bonchev–Trinajstić information content (AvgIpc) is 2.93. The smallest absolute Gasteiger partial charge is 0.324 e. The van der Waals surface area contributed by atoms with E-state index in [2.05, 4.69) is 10.6 Å². The van der Waals surface area contributed by atoms with Crippen LogP contribution in [0.4, 0.5) is 10.5 Å². The number of nitrogens with zero attached hydrogens (tertiary/aromatic N) is 1. The molecule has 152 valence electrons. The number of hydrogen-bond acceptors (Lipinski definition) is 5. The Kier molecular flexibility index (Phi) is 5.40. The number of rotatable bonds is 6. The fourth-order valence-electron chi connectivity index (χ4n) is 3.23. The molecule has 0 bridgehead atoms. The summed E-state index contributed by atoms with van der Waals surface area (Å²) in [5, 5.41) is 10.2. The van der Waals surface area contributed by atoms with E-state index in [1.807, 2.05) is 0 Å². The summed E-state index contributed by atoms with van der Waals surface area (Å²) in [5.41, 5.74) is -0.422. The quantitative estimate of drug-likeness (QED) is 0.606. The van der Waals surface area contributed by atoms with Gasteiger partial charge in [-0.05, 0) is 30.2 Å². The molecule has 1 atom stereocenters. The van der Waals surface area contributed by atoms with Crippen LogP contribution in [-0.4, -0.2) is 37.7 Å². The summed E-state index contributed by atoms with van der Waals surface area (Å²) in [6.07, 6.45) is 0.316. The zero-order chi connectivity index (χ0) is 21.2. The molecule has 1 fully saturated rings. The van der Waals surface area contributed by atoms with Crippen LogP contribution < -0.4 is 15.8 Å². The van der Waals surface area contributed by atoms with Gasteiger partial charge < -0.3 is 10.6 Å². The monoisotopic (exact) mass is 416 g/mol. The van der Waals surface area contributed by atoms with Crippen molar-refractivity contribution < 1.29 is 22.8 Å². The first-order valence-corrected chi connectivity index (χ1v) is 10.3. The number of amides is 4. The molecule has 1 saturated heterocycles. The highest BCUT2D eigenvalue weighted by Gasteiger charge is 2.51. The van der Waals surface area contributed by atoms with Gasteiger partial charge in [-0.25, -0.2) is 18.4 Å². The summed E-state index contributed by atoms with van der Waals surface area (Å²) < 4.78 is 22.9. The molecule has 10 heteroatoms. The molecule has 1 aliphatic heterocycles. The second kappa shape index (κ2) is 7.64. The van der Waals surface area contributed by atoms with Crippen LogP contribution in [0.3, 0.4) is 0 Å². The van der Waals surface area contributed by atoms with E-state index >= 15 is 0 Å². The maximum atomic E-state index is 13.0. The zero-order valence-corrected chi connectivity index (χ0v) is 16.4. The van der Waals surface area contributed by atoms with Crippen molar-refractivity contribution in [2.24, 2.45) is 5.14 Å². The maximum absolute atomic E-state index is 13.0. The van der Waals surface area contributed by atoms with E-state index in [4.69, 9.17) is 5.14 Å². The molecule has 2 aromatic rings. The van der Waals surface area contributed by atoms with Crippen LogP contribution in [0.2, 0.25) is 0 Å². The van der Waals surface area contributed by atoms with Crippen LogP contribution in [0.15, 0.2) is 59.5 Å². The van der Waals surface area contributed by atoms with Gasteiger partial charge in [0, 0.05) is 5.69 Å². The Balaban J connectivity index is 1.78. The van der Waals surface area contributed by atoms with Crippen molar-refractivity contribution in [2.45, 2.75) is 23.8 Å². The molecule has 2 aromatic carbocycles. The van der Waals surface area contributed by atoms with E-state index in [-0.39, 0.29) is 10.6 Å². The fourth-order valence-corrected chi connectivity index (χ4v) is 3.79. The Morgan fingerprint density at radius 3 is 2.45 bits per heavy atom. The molecule has 1 aliphatic rings. The van der Waals surface area contributed by atoms with Gasteiger partial charge in [0.05, 0.1) is 4.90 Å². The number of primary sulfonamides is 1. The van der Waals surface area contributed by atoms with Gasteiger partial charge in [-0.2, -0.15) is 0 Å². The molecule has 4 N–H and O–H groups in total. The van der Waals surface area contributed by atoms with Crippen molar-refractivity contribution >= 4 is 33.6 Å². The highest BCUT2D eigenvalue weighted by molar-refractivity contribution is 7.89. The van der Waals surface area contributed by atoms with Crippen molar-refractivity contribution in [1.29, 1.82) is 0 Å². The molecular formula is C19H20N4O5S. The van der Waals surface area contributed by atoms with Crippen molar-refractivity contribution in [3.8, 4) is 0 Å². The van der Waals surface area contributed by atoms with Gasteiger partial charge in [-0.1, -0.05) is 43.3 Å². The topological polar surface area (TPSA) is 139 Å². The second-order valence-electron chi connectivity index (χ2n) is 6.57. The molecule has 1 heterocycles. The van der Waals surface area contributed by atoms with Crippen LogP contribution in [0.1, 0.15) is 18.9 Å². The minimum atomic E-state index is -3.93. The number of nitrogens with two attached hydrogens (primary N) is 1. The Labute approximate surface area is 167 Å². The predicted octanol–water partition coefficient (Wildman–Crippen LogP) is 1.13. The molecule has 0 saturated carbocycles. The number of carbonyl (C=O) groups is 3. The number of urea groups is 1. The number of carbonyl (C=O) groups excluding carboxylic acids is 3. The van der Waals surface area contributed by atoms with Gasteiger partial charge >= 0.3 is 6.03 Å². The highest BCUT2D eigenvalue weighted by Crippen LogP contribution is 2.32. The summed E-state index contributed by atoms with van der Waals surface area (Å²) in [5.74, 6) is -1.18. The summed E-state index contributed by atoms with van der Waals surface area (Å²) in [6.45, 7) is 1.26. The number of anilines is 1. The number of hydrogen-bond donors (Lipinski definition) is 3. The third kappa shape index (κ3) is 3.98. The third-order valence-electron chi connectivity index (χ3n) is 4.72. The second-order valence-corrected chi connectivity index (χ2v) is 8.13. The van der Waals surface area contributed by atoms with Gasteiger partial charge in [-0.15, -0.1) is 0 Å². The zero-order valence-electron chi connectivity index (χ0n) is 15.6. The van der Waals surface area contributed by atoms with Crippen molar-refractivity contribution in [3.63, 3.8) is 0 Å². The molecular weight excluding hydrogens is 396 g/mol. The van der Waals surface area contributed by atoms with Crippen molar-refractivity contribution in [1.82, 2.24) is 10.2 Å². The van der Waals surface area contributed by atoms with Crippen LogP contribution in [0.25, 0.3) is 0 Å². The molecule has 4 amide bonds. The van der Waals surface area contributed by atoms with E-state index in [0.717, 1.165) is 4.90 Å². The van der Waals surface area contributed by atoms with Crippen molar-refractivity contribution in [3.05, 3.63) is 60.2 Å². The standard InChI is InChI=1S/C19H20N4O5S/c1-2-19(13-7-4-3-5-8-13)17(25)23(18(26)22-19)12-16(24)21-14-9-6-10-15(11-14)29(20,27)28/h3-11H,2,12H2,1H3,(H,21,24)(H,22,26)(H2,20,27,28). The predicted molar refractivity (Wildman–Crippen MR) is 105 cm³/mol. The van der Waals surface area contributed by atoms with Crippen LogP contribution in [0.5, 0.6) is 0 Å². The molecule has 0 radical (unpaired) electrons. The van der Waals surface area contributed by atoms with Gasteiger partial charge in [0.15, 0.2) is 0 Å². The first-order valence-electron chi connectivity index (χ1n) is 8.80. The summed E-state index contributed by atoms with van der Waals surface area (Å²) in [4.78, 5) is 38.5. The molecule has 1 unspecified atom stereocenters. The first kappa shape index (κ1) is 20.5. The third-order valence-corrected chi connectivity index (χ3v) is 5.63. The molecule has 0 aromatic heterocycles. The Morgan fingerprint density at radius 2 is 1.83 bits per heavy atom.